The van der Waals surface area contributed by atoms with Crippen molar-refractivity contribution in [2.45, 2.75) is 11.8 Å². The molecule has 1 fully saturated rings. The Morgan fingerprint density at radius 2 is 2.20 bits per heavy atom. The molecule has 1 aromatic rings. The van der Waals surface area contributed by atoms with Gasteiger partial charge in [-0.2, -0.15) is 0 Å². The quantitative estimate of drug-likeness (QED) is 0.721. The minimum absolute atomic E-state index is 0.0551. The van der Waals surface area contributed by atoms with Crippen LogP contribution in [0.15, 0.2) is 24.3 Å². The summed E-state index contributed by atoms with van der Waals surface area (Å²) in [6.45, 7) is 0.556. The van der Waals surface area contributed by atoms with E-state index < -0.39 is 0 Å². The van der Waals surface area contributed by atoms with Gasteiger partial charge in [-0.3, -0.25) is 4.79 Å². The van der Waals surface area contributed by atoms with E-state index >= 15 is 0 Å². The Morgan fingerprint density at radius 3 is 2.80 bits per heavy atom. The van der Waals surface area contributed by atoms with Crippen LogP contribution in [-0.4, -0.2) is 24.9 Å². The number of nitrogens with zero attached hydrogens (tertiary/aromatic N) is 1. The van der Waals surface area contributed by atoms with Gasteiger partial charge >= 0.3 is 0 Å². The molecule has 0 radical (unpaired) electrons. The van der Waals surface area contributed by atoms with Gasteiger partial charge in [0.15, 0.2) is 0 Å². The van der Waals surface area contributed by atoms with Crippen molar-refractivity contribution in [3.05, 3.63) is 24.3 Å². The number of hydrogen-bond acceptors (Lipinski definition) is 2. The van der Waals surface area contributed by atoms with Crippen LogP contribution in [0, 0.1) is 0 Å². The molecule has 0 bridgehead atoms. The van der Waals surface area contributed by atoms with E-state index in [1.165, 1.54) is 0 Å². The van der Waals surface area contributed by atoms with Crippen LogP contribution < -0.4 is 9.64 Å². The molecule has 0 N–H and O–H groups in total. The Labute approximate surface area is 93.6 Å². The predicted molar refractivity (Wildman–Crippen MR) is 59.6 cm³/mol. The summed E-state index contributed by atoms with van der Waals surface area (Å²) in [4.78, 5) is 13.3. The number of rotatable bonds is 2. The molecule has 0 saturated carbocycles. The number of hydrogen-bond donors (Lipinski definition) is 0. The number of anilines is 1. The van der Waals surface area contributed by atoms with Gasteiger partial charge in [-0.15, -0.1) is 11.6 Å². The second kappa shape index (κ2) is 4.11. The maximum atomic E-state index is 11.6. The third-order valence-corrected chi connectivity index (χ3v) is 2.75. The number of alkyl halides is 1. The van der Waals surface area contributed by atoms with Crippen LogP contribution in [0.1, 0.15) is 6.42 Å². The van der Waals surface area contributed by atoms with Crippen LogP contribution in [0.2, 0.25) is 0 Å². The number of methoxy groups -OCH3 is 1. The predicted octanol–water partition coefficient (Wildman–Crippen LogP) is 2.04. The fourth-order valence-electron chi connectivity index (χ4n) is 1.75. The van der Waals surface area contributed by atoms with E-state index in [1.54, 1.807) is 12.0 Å². The van der Waals surface area contributed by atoms with Crippen molar-refractivity contribution in [2.75, 3.05) is 18.6 Å². The highest BCUT2D eigenvalue weighted by atomic mass is 35.5. The normalized spacial score (nSPS) is 20.8. The van der Waals surface area contributed by atoms with Crippen molar-refractivity contribution < 1.29 is 9.53 Å². The Balaban J connectivity index is 2.33. The SMILES string of the molecule is COc1ccccc1N1CC(Cl)CC1=O. The Hall–Kier alpha value is -1.22. The molecule has 4 heteroatoms. The van der Waals surface area contributed by atoms with Gasteiger partial charge in [0, 0.05) is 13.0 Å². The van der Waals surface area contributed by atoms with E-state index in [2.05, 4.69) is 0 Å². The summed E-state index contributed by atoms with van der Waals surface area (Å²) in [6, 6.07) is 7.46. The fourth-order valence-corrected chi connectivity index (χ4v) is 2.02. The average molecular weight is 226 g/mol. The summed E-state index contributed by atoms with van der Waals surface area (Å²) in [5.74, 6) is 0.760. The molecule has 15 heavy (non-hydrogen) atoms. The first-order chi connectivity index (χ1) is 7.22. The lowest BCUT2D eigenvalue weighted by Crippen LogP contribution is -2.24. The van der Waals surface area contributed by atoms with Crippen LogP contribution in [0.4, 0.5) is 5.69 Å². The van der Waals surface area contributed by atoms with Crippen molar-refractivity contribution in [3.63, 3.8) is 0 Å². The number of benzene rings is 1. The molecule has 0 aromatic heterocycles. The van der Waals surface area contributed by atoms with Crippen molar-refractivity contribution in [1.82, 2.24) is 0 Å². The standard InChI is InChI=1S/C11H12ClNO2/c1-15-10-5-3-2-4-9(10)13-7-8(12)6-11(13)14/h2-5,8H,6-7H2,1H3. The maximum Gasteiger partial charge on any atom is 0.228 e. The molecule has 1 heterocycles. The number of ether oxygens (including phenoxy) is 1. The molecule has 0 aliphatic carbocycles. The molecule has 1 amide bonds. The largest absolute Gasteiger partial charge is 0.495 e. The number of amides is 1. The zero-order valence-corrected chi connectivity index (χ0v) is 9.20. The topological polar surface area (TPSA) is 29.5 Å². The Morgan fingerprint density at radius 1 is 1.47 bits per heavy atom. The van der Waals surface area contributed by atoms with Crippen LogP contribution in [0.3, 0.4) is 0 Å². The molecule has 1 unspecified atom stereocenters. The first-order valence-electron chi connectivity index (χ1n) is 4.80. The second-order valence-corrected chi connectivity index (χ2v) is 4.09. The average Bonchev–Trinajstić information content (AvgIpc) is 2.57. The lowest BCUT2D eigenvalue weighted by atomic mass is 10.2. The second-order valence-electron chi connectivity index (χ2n) is 3.48. The van der Waals surface area contributed by atoms with Crippen LogP contribution in [0.5, 0.6) is 5.75 Å². The fraction of sp³-hybridized carbons (Fsp3) is 0.364. The molecule has 1 aromatic carbocycles. The molecule has 80 valence electrons. The molecule has 2 rings (SSSR count). The zero-order valence-electron chi connectivity index (χ0n) is 8.44. The van der Waals surface area contributed by atoms with Crippen LogP contribution >= 0.6 is 11.6 Å². The van der Waals surface area contributed by atoms with Crippen molar-refractivity contribution >= 4 is 23.2 Å². The molecule has 3 nitrogen and oxygen atoms in total. The van der Waals surface area contributed by atoms with E-state index in [9.17, 15) is 4.79 Å². The van der Waals surface area contributed by atoms with Crippen molar-refractivity contribution in [3.8, 4) is 5.75 Å². The smallest absolute Gasteiger partial charge is 0.228 e. The summed E-state index contributed by atoms with van der Waals surface area (Å²) < 4.78 is 5.20. The van der Waals surface area contributed by atoms with E-state index in [-0.39, 0.29) is 11.3 Å². The van der Waals surface area contributed by atoms with Gasteiger partial charge in [0.2, 0.25) is 5.91 Å². The zero-order chi connectivity index (χ0) is 10.8. The molecular weight excluding hydrogens is 214 g/mol. The number of carbonyl (C=O) groups is 1. The number of para-hydroxylation sites is 2. The highest BCUT2D eigenvalue weighted by molar-refractivity contribution is 6.24. The monoisotopic (exact) mass is 225 g/mol. The summed E-state index contributed by atoms with van der Waals surface area (Å²) in [5.41, 5.74) is 0.799. The van der Waals surface area contributed by atoms with E-state index in [4.69, 9.17) is 16.3 Å². The Bertz CT molecular complexity index is 381. The Kier molecular flexibility index (Phi) is 2.82. The summed E-state index contributed by atoms with van der Waals surface area (Å²) >= 11 is 5.94. The van der Waals surface area contributed by atoms with Crippen molar-refractivity contribution in [2.24, 2.45) is 0 Å². The van der Waals surface area contributed by atoms with Gasteiger partial charge in [0.25, 0.3) is 0 Å². The third kappa shape index (κ3) is 1.92. The lowest BCUT2D eigenvalue weighted by molar-refractivity contribution is -0.117. The van der Waals surface area contributed by atoms with Gasteiger partial charge in [0.1, 0.15) is 5.75 Å². The third-order valence-electron chi connectivity index (χ3n) is 2.45. The van der Waals surface area contributed by atoms with Gasteiger partial charge in [-0.1, -0.05) is 12.1 Å². The summed E-state index contributed by atoms with van der Waals surface area (Å²) in [6.07, 6.45) is 0.402. The summed E-state index contributed by atoms with van der Waals surface area (Å²) in [5, 5.41) is -0.0950. The van der Waals surface area contributed by atoms with E-state index in [0.717, 1.165) is 5.69 Å². The van der Waals surface area contributed by atoms with Gasteiger partial charge in [-0.05, 0) is 12.1 Å². The van der Waals surface area contributed by atoms with Gasteiger partial charge in [0.05, 0.1) is 18.2 Å². The minimum atomic E-state index is -0.0950. The highest BCUT2D eigenvalue weighted by Crippen LogP contribution is 2.31. The molecule has 1 saturated heterocycles. The molecule has 1 aliphatic heterocycles. The number of halogens is 1. The molecular formula is C11H12ClNO2. The molecule has 1 aliphatic rings. The molecule has 1 atom stereocenters. The van der Waals surface area contributed by atoms with E-state index in [0.29, 0.717) is 18.7 Å². The van der Waals surface area contributed by atoms with Crippen LogP contribution in [0.25, 0.3) is 0 Å². The number of carbonyl (C=O) groups excluding carboxylic acids is 1. The van der Waals surface area contributed by atoms with Gasteiger partial charge in [-0.25, -0.2) is 0 Å². The van der Waals surface area contributed by atoms with Crippen LogP contribution in [-0.2, 0) is 4.79 Å². The first kappa shape index (κ1) is 10.3. The van der Waals surface area contributed by atoms with Crippen molar-refractivity contribution in [1.29, 1.82) is 0 Å². The van der Waals surface area contributed by atoms with Gasteiger partial charge < -0.3 is 9.64 Å². The minimum Gasteiger partial charge on any atom is -0.495 e. The lowest BCUT2D eigenvalue weighted by Gasteiger charge is -2.18. The highest BCUT2D eigenvalue weighted by Gasteiger charge is 2.30. The maximum absolute atomic E-state index is 11.6. The first-order valence-corrected chi connectivity index (χ1v) is 5.23. The van der Waals surface area contributed by atoms with E-state index in [1.807, 2.05) is 24.3 Å². The summed E-state index contributed by atoms with van der Waals surface area (Å²) in [7, 11) is 1.59. The molecule has 0 spiro atoms.